The molecule has 5 nitrogen and oxygen atoms in total. The summed E-state index contributed by atoms with van der Waals surface area (Å²) < 4.78 is 44.0. The van der Waals surface area contributed by atoms with Gasteiger partial charge < -0.3 is 9.84 Å². The van der Waals surface area contributed by atoms with Crippen LogP contribution < -0.4 is 5.32 Å². The zero-order valence-electron chi connectivity index (χ0n) is 14.2. The van der Waals surface area contributed by atoms with Gasteiger partial charge in [-0.15, -0.1) is 12.4 Å². The molecule has 1 aromatic heterocycles. The number of hydrogen-bond donors (Lipinski definition) is 1. The highest BCUT2D eigenvalue weighted by atomic mass is 35.5. The summed E-state index contributed by atoms with van der Waals surface area (Å²) in [6.07, 6.45) is -3.58. The van der Waals surface area contributed by atoms with Gasteiger partial charge in [-0.3, -0.25) is 4.90 Å². The van der Waals surface area contributed by atoms with Crippen LogP contribution in [-0.4, -0.2) is 41.7 Å². The summed E-state index contributed by atoms with van der Waals surface area (Å²) in [7, 11) is 2.02. The van der Waals surface area contributed by atoms with Crippen molar-refractivity contribution in [2.24, 2.45) is 0 Å². The van der Waals surface area contributed by atoms with Crippen LogP contribution in [0.5, 0.6) is 0 Å². The van der Waals surface area contributed by atoms with E-state index in [1.165, 1.54) is 12.1 Å². The molecule has 3 unspecified atom stereocenters. The molecule has 1 N–H and O–H groups in total. The van der Waals surface area contributed by atoms with Gasteiger partial charge in [0.2, 0.25) is 5.89 Å². The fraction of sp³-hybridized carbons (Fsp3) is 0.529. The molecule has 9 heteroatoms. The van der Waals surface area contributed by atoms with E-state index < -0.39 is 11.7 Å². The van der Waals surface area contributed by atoms with Gasteiger partial charge in [0.1, 0.15) is 0 Å². The summed E-state index contributed by atoms with van der Waals surface area (Å²) in [5.41, 5.74) is 0.0628. The number of nitrogens with one attached hydrogen (secondary N) is 1. The van der Waals surface area contributed by atoms with Crippen LogP contribution in [0.15, 0.2) is 28.8 Å². The van der Waals surface area contributed by atoms with E-state index in [-0.39, 0.29) is 30.3 Å². The predicted molar refractivity (Wildman–Crippen MR) is 91.3 cm³/mol. The Balaban J connectivity index is 0.00000196. The fourth-order valence-electron chi connectivity index (χ4n) is 3.41. The predicted octanol–water partition coefficient (Wildman–Crippen LogP) is 3.36. The molecule has 2 fully saturated rings. The number of benzene rings is 1. The van der Waals surface area contributed by atoms with Crippen molar-refractivity contribution in [3.8, 4) is 0 Å². The van der Waals surface area contributed by atoms with Gasteiger partial charge >= 0.3 is 6.18 Å². The van der Waals surface area contributed by atoms with Crippen LogP contribution in [0.25, 0.3) is 0 Å². The standard InChI is InChI=1S/C17H19F3N4O.ClH/c1-24-6-5-21-9-14(24)15-22-16(25-23-15)13-8-12(13)10-3-2-4-11(7-10)17(18,19)20;/h2-4,7,12-14,21H,5-6,8-9H2,1H3;1H. The Morgan fingerprint density at radius 1 is 1.27 bits per heavy atom. The minimum atomic E-state index is -4.32. The Labute approximate surface area is 155 Å². The number of nitrogens with zero attached hydrogens (tertiary/aromatic N) is 3. The Morgan fingerprint density at radius 3 is 2.81 bits per heavy atom. The third kappa shape index (κ3) is 3.72. The van der Waals surface area contributed by atoms with Crippen LogP contribution in [0, 0.1) is 0 Å². The maximum absolute atomic E-state index is 12.9. The first-order valence-electron chi connectivity index (χ1n) is 8.35. The zero-order valence-corrected chi connectivity index (χ0v) is 15.0. The molecule has 0 amide bonds. The first kappa shape index (κ1) is 19.1. The molecule has 3 atom stereocenters. The van der Waals surface area contributed by atoms with E-state index in [9.17, 15) is 13.2 Å². The van der Waals surface area contributed by atoms with Crippen LogP contribution in [0.3, 0.4) is 0 Å². The molecule has 4 rings (SSSR count). The van der Waals surface area contributed by atoms with Gasteiger partial charge in [-0.1, -0.05) is 23.4 Å². The summed E-state index contributed by atoms with van der Waals surface area (Å²) in [4.78, 5) is 6.68. The summed E-state index contributed by atoms with van der Waals surface area (Å²) in [5, 5.41) is 7.39. The highest BCUT2D eigenvalue weighted by Crippen LogP contribution is 2.54. The summed E-state index contributed by atoms with van der Waals surface area (Å²) >= 11 is 0. The Kier molecular flexibility index (Phi) is 5.28. The summed E-state index contributed by atoms with van der Waals surface area (Å²) in [6, 6.07) is 5.57. The molecule has 26 heavy (non-hydrogen) atoms. The van der Waals surface area contributed by atoms with Crippen LogP contribution in [0.1, 0.15) is 47.1 Å². The number of likely N-dealkylation sites (N-methyl/N-ethyl adjacent to an activating group) is 1. The number of alkyl halides is 3. The topological polar surface area (TPSA) is 54.2 Å². The first-order valence-corrected chi connectivity index (χ1v) is 8.35. The molecule has 1 aromatic carbocycles. The lowest BCUT2D eigenvalue weighted by molar-refractivity contribution is -0.137. The molecule has 0 bridgehead atoms. The van der Waals surface area contributed by atoms with E-state index >= 15 is 0 Å². The summed E-state index contributed by atoms with van der Waals surface area (Å²) in [5.74, 6) is 1.18. The number of hydrogen-bond acceptors (Lipinski definition) is 5. The van der Waals surface area contributed by atoms with E-state index in [0.29, 0.717) is 17.3 Å². The number of rotatable bonds is 3. The van der Waals surface area contributed by atoms with Gasteiger partial charge in [0.15, 0.2) is 5.82 Å². The van der Waals surface area contributed by atoms with Crippen molar-refractivity contribution < 1.29 is 17.7 Å². The van der Waals surface area contributed by atoms with Crippen LogP contribution in [-0.2, 0) is 6.18 Å². The average Bonchev–Trinajstić information content (AvgIpc) is 3.24. The lowest BCUT2D eigenvalue weighted by Gasteiger charge is -2.30. The fourth-order valence-corrected chi connectivity index (χ4v) is 3.41. The van der Waals surface area contributed by atoms with E-state index in [1.54, 1.807) is 6.07 Å². The van der Waals surface area contributed by atoms with Crippen molar-refractivity contribution in [1.82, 2.24) is 20.4 Å². The molecular formula is C17H20ClF3N4O. The average molecular weight is 389 g/mol. The van der Waals surface area contributed by atoms with Gasteiger partial charge in [0.05, 0.1) is 11.6 Å². The molecule has 2 aliphatic rings. The monoisotopic (exact) mass is 388 g/mol. The van der Waals surface area contributed by atoms with Crippen LogP contribution in [0.2, 0.25) is 0 Å². The van der Waals surface area contributed by atoms with E-state index in [1.807, 2.05) is 7.05 Å². The highest BCUT2D eigenvalue weighted by molar-refractivity contribution is 5.85. The Bertz CT molecular complexity index is 766. The van der Waals surface area contributed by atoms with Gasteiger partial charge in [-0.05, 0) is 31.0 Å². The lowest BCUT2D eigenvalue weighted by Crippen LogP contribution is -2.44. The largest absolute Gasteiger partial charge is 0.416 e. The van der Waals surface area contributed by atoms with Crippen molar-refractivity contribution in [3.63, 3.8) is 0 Å². The van der Waals surface area contributed by atoms with Crippen molar-refractivity contribution in [1.29, 1.82) is 0 Å². The smallest absolute Gasteiger partial charge is 0.339 e. The molecule has 2 aromatic rings. The van der Waals surface area contributed by atoms with Gasteiger partial charge in [-0.2, -0.15) is 18.2 Å². The number of aromatic nitrogens is 2. The maximum Gasteiger partial charge on any atom is 0.416 e. The van der Waals surface area contributed by atoms with Crippen molar-refractivity contribution in [2.75, 3.05) is 26.7 Å². The van der Waals surface area contributed by atoms with Crippen molar-refractivity contribution in [2.45, 2.75) is 30.5 Å². The molecule has 0 spiro atoms. The number of piperazine rings is 1. The Hall–Kier alpha value is -1.64. The minimum absolute atomic E-state index is 0. The van der Waals surface area contributed by atoms with Crippen molar-refractivity contribution >= 4 is 12.4 Å². The SMILES string of the molecule is CN1CCNCC1c1noc(C2CC2c2cccc(C(F)(F)F)c2)n1.Cl. The van der Waals surface area contributed by atoms with Gasteiger partial charge in [0.25, 0.3) is 0 Å². The van der Waals surface area contributed by atoms with E-state index in [4.69, 9.17) is 4.52 Å². The highest BCUT2D eigenvalue weighted by Gasteiger charge is 2.45. The second-order valence-electron chi connectivity index (χ2n) is 6.76. The molecule has 2 heterocycles. The second kappa shape index (κ2) is 7.17. The summed E-state index contributed by atoms with van der Waals surface area (Å²) in [6.45, 7) is 2.60. The molecule has 0 radical (unpaired) electrons. The number of halogens is 4. The molecular weight excluding hydrogens is 369 g/mol. The quantitative estimate of drug-likeness (QED) is 0.873. The zero-order chi connectivity index (χ0) is 17.6. The normalized spacial score (nSPS) is 26.4. The Morgan fingerprint density at radius 2 is 2.08 bits per heavy atom. The third-order valence-electron chi connectivity index (χ3n) is 5.02. The minimum Gasteiger partial charge on any atom is -0.339 e. The first-order chi connectivity index (χ1) is 11.9. The molecule has 1 saturated carbocycles. The second-order valence-corrected chi connectivity index (χ2v) is 6.76. The lowest BCUT2D eigenvalue weighted by atomic mass is 10.1. The molecule has 142 valence electrons. The van der Waals surface area contributed by atoms with Crippen molar-refractivity contribution in [3.05, 3.63) is 47.1 Å². The molecule has 1 aliphatic carbocycles. The van der Waals surface area contributed by atoms with Crippen LogP contribution in [0.4, 0.5) is 13.2 Å². The third-order valence-corrected chi connectivity index (χ3v) is 5.02. The van der Waals surface area contributed by atoms with E-state index in [0.717, 1.165) is 32.1 Å². The van der Waals surface area contributed by atoms with Crippen LogP contribution >= 0.6 is 12.4 Å². The van der Waals surface area contributed by atoms with Gasteiger partial charge in [0, 0.05) is 25.6 Å². The molecule has 1 saturated heterocycles. The van der Waals surface area contributed by atoms with Gasteiger partial charge in [-0.25, -0.2) is 0 Å². The van der Waals surface area contributed by atoms with E-state index in [2.05, 4.69) is 20.4 Å². The maximum atomic E-state index is 12.9. The molecule has 1 aliphatic heterocycles.